The first-order valence-corrected chi connectivity index (χ1v) is 7.42. The van der Waals surface area contributed by atoms with Gasteiger partial charge in [-0.1, -0.05) is 11.6 Å². The second-order valence-corrected chi connectivity index (χ2v) is 5.88. The van der Waals surface area contributed by atoms with Gasteiger partial charge in [-0.15, -0.1) is 11.3 Å². The Bertz CT molecular complexity index is 1050. The summed E-state index contributed by atoms with van der Waals surface area (Å²) in [6, 6.07) is 6.91. The van der Waals surface area contributed by atoms with Gasteiger partial charge in [-0.05, 0) is 31.2 Å². The smallest absolute Gasteiger partial charge is 0.345 e. The summed E-state index contributed by atoms with van der Waals surface area (Å²) >= 11 is 7.42. The number of benzene rings is 1. The van der Waals surface area contributed by atoms with Gasteiger partial charge in [0.15, 0.2) is 0 Å². The summed E-state index contributed by atoms with van der Waals surface area (Å²) in [6.45, 7) is 1.81. The quantitative estimate of drug-likeness (QED) is 0.504. The maximum atomic E-state index is 12.2. The zero-order valence-electron chi connectivity index (χ0n) is 10.8. The fourth-order valence-electron chi connectivity index (χ4n) is 2.24. The van der Waals surface area contributed by atoms with Gasteiger partial charge < -0.3 is 4.42 Å². The van der Waals surface area contributed by atoms with Gasteiger partial charge in [0, 0.05) is 15.8 Å². The third kappa shape index (κ3) is 1.95. The van der Waals surface area contributed by atoms with Crippen LogP contribution < -0.4 is 5.63 Å². The van der Waals surface area contributed by atoms with Gasteiger partial charge in [0.2, 0.25) is 4.96 Å². The first-order valence-electron chi connectivity index (χ1n) is 6.16. The van der Waals surface area contributed by atoms with Gasteiger partial charge in [-0.3, -0.25) is 0 Å². The Hall–Kier alpha value is -2.18. The van der Waals surface area contributed by atoms with Crippen molar-refractivity contribution >= 4 is 38.9 Å². The third-order valence-corrected chi connectivity index (χ3v) is 4.21. The largest absolute Gasteiger partial charge is 0.422 e. The lowest BCUT2D eigenvalue weighted by Crippen LogP contribution is -2.04. The van der Waals surface area contributed by atoms with E-state index in [-0.39, 0.29) is 0 Å². The Morgan fingerprint density at radius 2 is 2.19 bits per heavy atom. The van der Waals surface area contributed by atoms with Crippen LogP contribution in [0.1, 0.15) is 5.82 Å². The van der Waals surface area contributed by atoms with Crippen LogP contribution >= 0.6 is 22.9 Å². The Morgan fingerprint density at radius 1 is 1.33 bits per heavy atom. The molecule has 7 heteroatoms. The zero-order chi connectivity index (χ0) is 14.6. The number of halogens is 1. The molecule has 0 N–H and O–H groups in total. The van der Waals surface area contributed by atoms with Crippen LogP contribution in [0.15, 0.2) is 38.9 Å². The Balaban J connectivity index is 2.05. The van der Waals surface area contributed by atoms with E-state index < -0.39 is 5.63 Å². The van der Waals surface area contributed by atoms with Crippen molar-refractivity contribution in [1.29, 1.82) is 0 Å². The van der Waals surface area contributed by atoms with E-state index in [1.807, 2.05) is 12.3 Å². The number of hydrogen-bond acceptors (Lipinski definition) is 5. The lowest BCUT2D eigenvalue weighted by Gasteiger charge is -2.01. The monoisotopic (exact) mass is 317 g/mol. The molecule has 0 aliphatic heterocycles. The summed E-state index contributed by atoms with van der Waals surface area (Å²) < 4.78 is 7.01. The molecule has 0 amide bonds. The Labute approximate surface area is 127 Å². The molecule has 3 aromatic heterocycles. The van der Waals surface area contributed by atoms with Gasteiger partial charge in [0.25, 0.3) is 0 Å². The zero-order valence-corrected chi connectivity index (χ0v) is 12.4. The number of nitrogens with zero attached hydrogens (tertiary/aromatic N) is 3. The molecule has 0 spiro atoms. The molecular formula is C14H8ClN3O2S. The van der Waals surface area contributed by atoms with Crippen LogP contribution in [0.4, 0.5) is 0 Å². The Morgan fingerprint density at radius 3 is 3.05 bits per heavy atom. The van der Waals surface area contributed by atoms with Gasteiger partial charge in [-0.25, -0.2) is 14.3 Å². The van der Waals surface area contributed by atoms with E-state index in [1.165, 1.54) is 11.3 Å². The van der Waals surface area contributed by atoms with Gasteiger partial charge in [0.1, 0.15) is 11.4 Å². The summed E-state index contributed by atoms with van der Waals surface area (Å²) in [6.07, 6.45) is 0. The number of aryl methyl sites for hydroxylation is 1. The fraction of sp³-hybridized carbons (Fsp3) is 0.0714. The van der Waals surface area contributed by atoms with Gasteiger partial charge in [0.05, 0.1) is 11.3 Å². The third-order valence-electron chi connectivity index (χ3n) is 3.16. The van der Waals surface area contributed by atoms with Crippen molar-refractivity contribution in [3.63, 3.8) is 0 Å². The number of hydrogen-bond donors (Lipinski definition) is 0. The molecule has 21 heavy (non-hydrogen) atoms. The van der Waals surface area contributed by atoms with Crippen LogP contribution in [0, 0.1) is 6.92 Å². The van der Waals surface area contributed by atoms with E-state index in [2.05, 4.69) is 10.1 Å². The highest BCUT2D eigenvalue weighted by atomic mass is 35.5. The van der Waals surface area contributed by atoms with Crippen LogP contribution in [0.3, 0.4) is 0 Å². The lowest BCUT2D eigenvalue weighted by atomic mass is 10.1. The predicted octanol–water partition coefficient (Wildman–Crippen LogP) is 3.53. The van der Waals surface area contributed by atoms with E-state index >= 15 is 0 Å². The van der Waals surface area contributed by atoms with E-state index in [0.717, 1.165) is 10.3 Å². The van der Waals surface area contributed by atoms with E-state index in [0.29, 0.717) is 27.7 Å². The first-order chi connectivity index (χ1) is 10.1. The molecule has 0 saturated heterocycles. The molecule has 3 heterocycles. The lowest BCUT2D eigenvalue weighted by molar-refractivity contribution is 0.563. The standard InChI is InChI=1S/C14H8ClN3O2S/c1-7-16-14-18(17-7)11(6-21-14)10-5-8-4-9(15)2-3-12(8)20-13(10)19/h2-6H,1H3. The summed E-state index contributed by atoms with van der Waals surface area (Å²) in [4.78, 5) is 17.2. The summed E-state index contributed by atoms with van der Waals surface area (Å²) in [5.41, 5.74) is 1.22. The molecule has 4 rings (SSSR count). The van der Waals surface area contributed by atoms with Crippen LogP contribution in [0.5, 0.6) is 0 Å². The topological polar surface area (TPSA) is 60.4 Å². The summed E-state index contributed by atoms with van der Waals surface area (Å²) in [5, 5.41) is 7.51. The van der Waals surface area contributed by atoms with E-state index in [4.69, 9.17) is 16.0 Å². The van der Waals surface area contributed by atoms with Crippen LogP contribution in [0.25, 0.3) is 27.2 Å². The van der Waals surface area contributed by atoms with Gasteiger partial charge in [-0.2, -0.15) is 5.10 Å². The van der Waals surface area contributed by atoms with Crippen molar-refractivity contribution in [3.05, 3.63) is 50.9 Å². The molecule has 0 unspecified atom stereocenters. The molecule has 0 atom stereocenters. The molecule has 0 fully saturated rings. The van der Waals surface area contributed by atoms with Crippen LogP contribution in [0.2, 0.25) is 5.02 Å². The average molecular weight is 318 g/mol. The molecule has 104 valence electrons. The highest BCUT2D eigenvalue weighted by molar-refractivity contribution is 7.15. The second kappa shape index (κ2) is 4.41. The van der Waals surface area contributed by atoms with Crippen molar-refractivity contribution in [1.82, 2.24) is 14.6 Å². The van der Waals surface area contributed by atoms with E-state index in [1.54, 1.807) is 28.8 Å². The van der Waals surface area contributed by atoms with Crippen molar-refractivity contribution in [3.8, 4) is 11.3 Å². The van der Waals surface area contributed by atoms with Crippen LogP contribution in [-0.2, 0) is 0 Å². The number of thiazole rings is 1. The van der Waals surface area contributed by atoms with Crippen molar-refractivity contribution < 1.29 is 4.42 Å². The van der Waals surface area contributed by atoms with Crippen molar-refractivity contribution in [2.24, 2.45) is 0 Å². The predicted molar refractivity (Wildman–Crippen MR) is 82.1 cm³/mol. The molecular weight excluding hydrogens is 310 g/mol. The number of rotatable bonds is 1. The SMILES string of the molecule is Cc1nc2scc(-c3cc4cc(Cl)ccc4oc3=O)n2n1. The van der Waals surface area contributed by atoms with Crippen molar-refractivity contribution in [2.75, 3.05) is 0 Å². The molecule has 0 aliphatic carbocycles. The molecule has 5 nitrogen and oxygen atoms in total. The van der Waals surface area contributed by atoms with Crippen molar-refractivity contribution in [2.45, 2.75) is 6.92 Å². The summed E-state index contributed by atoms with van der Waals surface area (Å²) in [5.74, 6) is 0.663. The van der Waals surface area contributed by atoms with Crippen LogP contribution in [-0.4, -0.2) is 14.6 Å². The number of aromatic nitrogens is 3. The highest BCUT2D eigenvalue weighted by Gasteiger charge is 2.15. The van der Waals surface area contributed by atoms with Gasteiger partial charge >= 0.3 is 5.63 Å². The molecule has 0 bridgehead atoms. The minimum atomic E-state index is -0.405. The maximum absolute atomic E-state index is 12.2. The van der Waals surface area contributed by atoms with E-state index in [9.17, 15) is 4.79 Å². The second-order valence-electron chi connectivity index (χ2n) is 4.60. The fourth-order valence-corrected chi connectivity index (χ4v) is 3.29. The Kier molecular flexibility index (Phi) is 2.63. The molecule has 0 radical (unpaired) electrons. The average Bonchev–Trinajstić information content (AvgIpc) is 2.97. The minimum absolute atomic E-state index is 0.405. The molecule has 0 saturated carbocycles. The maximum Gasteiger partial charge on any atom is 0.345 e. The molecule has 4 aromatic rings. The molecule has 1 aromatic carbocycles. The normalized spacial score (nSPS) is 11.5. The highest BCUT2D eigenvalue weighted by Crippen LogP contribution is 2.26. The summed E-state index contributed by atoms with van der Waals surface area (Å²) in [7, 11) is 0. The minimum Gasteiger partial charge on any atom is -0.422 e. The number of fused-ring (bicyclic) bond motifs is 2. The first kappa shape index (κ1) is 12.6. The molecule has 0 aliphatic rings.